The molecule has 0 unspecified atom stereocenters. The Morgan fingerprint density at radius 2 is 1.67 bits per heavy atom. The molecule has 0 bridgehead atoms. The van der Waals surface area contributed by atoms with Gasteiger partial charge in [0.2, 0.25) is 0 Å². The van der Waals surface area contributed by atoms with Crippen LogP contribution in [0.25, 0.3) is 0 Å². The second-order valence-electron chi connectivity index (χ2n) is 6.17. The molecule has 132 valence electrons. The summed E-state index contributed by atoms with van der Waals surface area (Å²) in [5.41, 5.74) is 0.992. The first-order chi connectivity index (χ1) is 11.6. The maximum atomic E-state index is 11.7. The summed E-state index contributed by atoms with van der Waals surface area (Å²) in [6.45, 7) is 0.960. The van der Waals surface area contributed by atoms with Gasteiger partial charge < -0.3 is 20.5 Å². The van der Waals surface area contributed by atoms with E-state index in [1.54, 1.807) is 0 Å². The van der Waals surface area contributed by atoms with Crippen LogP contribution in [0.2, 0.25) is 0 Å². The first kappa shape index (κ1) is 18.4. The highest BCUT2D eigenvalue weighted by molar-refractivity contribution is 5.69. The first-order valence-electron chi connectivity index (χ1n) is 8.51. The highest BCUT2D eigenvalue weighted by Crippen LogP contribution is 2.18. The second kappa shape index (κ2) is 10.1. The van der Waals surface area contributed by atoms with E-state index >= 15 is 0 Å². The average Bonchev–Trinajstić information content (AvgIpc) is 2.60. The summed E-state index contributed by atoms with van der Waals surface area (Å²) in [5.74, 6) is -1.01. The zero-order valence-electron chi connectivity index (χ0n) is 13.9. The normalized spacial score (nSPS) is 20.5. The van der Waals surface area contributed by atoms with Crippen LogP contribution < -0.4 is 10.6 Å². The molecule has 0 radical (unpaired) electrons. The number of hydrogen-bond acceptors (Lipinski definition) is 5. The van der Waals surface area contributed by atoms with Gasteiger partial charge in [0, 0.05) is 18.6 Å². The molecule has 3 N–H and O–H groups in total. The third-order valence-electron chi connectivity index (χ3n) is 4.27. The lowest BCUT2D eigenvalue weighted by Crippen LogP contribution is -2.42. The topological polar surface area (TPSA) is 87.7 Å². The zero-order chi connectivity index (χ0) is 17.2. The minimum atomic E-state index is -0.815. The average molecular weight is 334 g/mol. The first-order valence-corrected chi connectivity index (χ1v) is 8.51. The number of benzene rings is 1. The third kappa shape index (κ3) is 7.10. The highest BCUT2D eigenvalue weighted by atomic mass is 16.5. The van der Waals surface area contributed by atoms with Gasteiger partial charge in [0.05, 0.1) is 13.0 Å². The lowest BCUT2D eigenvalue weighted by atomic mass is 9.91. The standard InChI is InChI=1S/C18H26N2O4/c21-17(22)12-20-16-8-6-15(7-9-16)19-11-10-18(23)24-13-14-4-2-1-3-5-14/h1-5,15-16,19-20H,6-13H2,(H,21,22). The van der Waals surface area contributed by atoms with E-state index in [-0.39, 0.29) is 18.6 Å². The third-order valence-corrected chi connectivity index (χ3v) is 4.27. The maximum Gasteiger partial charge on any atom is 0.317 e. The van der Waals surface area contributed by atoms with Gasteiger partial charge in [-0.25, -0.2) is 0 Å². The number of carboxylic acid groups (broad SMARTS) is 1. The quantitative estimate of drug-likeness (QED) is 0.596. The molecular formula is C18H26N2O4. The fourth-order valence-electron chi connectivity index (χ4n) is 2.92. The molecule has 1 aromatic carbocycles. The molecule has 6 heteroatoms. The molecule has 0 aliphatic heterocycles. The van der Waals surface area contributed by atoms with Crippen molar-refractivity contribution in [1.29, 1.82) is 0 Å². The fraction of sp³-hybridized carbons (Fsp3) is 0.556. The molecule has 2 rings (SSSR count). The molecule has 6 nitrogen and oxygen atoms in total. The molecule has 0 atom stereocenters. The predicted octanol–water partition coefficient (Wildman–Crippen LogP) is 1.69. The van der Waals surface area contributed by atoms with E-state index in [9.17, 15) is 9.59 Å². The molecule has 0 heterocycles. The van der Waals surface area contributed by atoms with Gasteiger partial charge in [0.25, 0.3) is 0 Å². The lowest BCUT2D eigenvalue weighted by Gasteiger charge is -2.29. The lowest BCUT2D eigenvalue weighted by molar-refractivity contribution is -0.144. The molecule has 1 fully saturated rings. The summed E-state index contributed by atoms with van der Waals surface area (Å²) < 4.78 is 5.24. The number of esters is 1. The molecule has 0 saturated heterocycles. The van der Waals surface area contributed by atoms with Crippen LogP contribution in [-0.4, -0.2) is 42.2 Å². The van der Waals surface area contributed by atoms with E-state index in [0.29, 0.717) is 25.6 Å². The smallest absolute Gasteiger partial charge is 0.317 e. The van der Waals surface area contributed by atoms with Crippen LogP contribution in [-0.2, 0) is 20.9 Å². The summed E-state index contributed by atoms with van der Waals surface area (Å²) in [4.78, 5) is 22.3. The van der Waals surface area contributed by atoms with Gasteiger partial charge in [0.1, 0.15) is 6.61 Å². The van der Waals surface area contributed by atoms with Crippen molar-refractivity contribution in [3.05, 3.63) is 35.9 Å². The molecule has 1 saturated carbocycles. The molecule has 1 aliphatic rings. The summed E-state index contributed by atoms with van der Waals surface area (Å²) in [5, 5.41) is 15.1. The van der Waals surface area contributed by atoms with Crippen molar-refractivity contribution in [2.75, 3.05) is 13.1 Å². The monoisotopic (exact) mass is 334 g/mol. The zero-order valence-corrected chi connectivity index (χ0v) is 13.9. The van der Waals surface area contributed by atoms with E-state index < -0.39 is 5.97 Å². The molecule has 24 heavy (non-hydrogen) atoms. The number of ether oxygens (including phenoxy) is 1. The number of carbonyl (C=O) groups is 2. The van der Waals surface area contributed by atoms with E-state index in [1.807, 2.05) is 30.3 Å². The number of aliphatic carboxylic acids is 1. The van der Waals surface area contributed by atoms with Gasteiger partial charge in [-0.1, -0.05) is 30.3 Å². The fourth-order valence-corrected chi connectivity index (χ4v) is 2.92. The van der Waals surface area contributed by atoms with Gasteiger partial charge in [-0.3, -0.25) is 9.59 Å². The van der Waals surface area contributed by atoms with Crippen molar-refractivity contribution in [3.63, 3.8) is 0 Å². The molecule has 0 spiro atoms. The Hall–Kier alpha value is -1.92. The van der Waals surface area contributed by atoms with E-state index in [0.717, 1.165) is 31.2 Å². The van der Waals surface area contributed by atoms with Gasteiger partial charge in [-0.05, 0) is 31.2 Å². The van der Waals surface area contributed by atoms with Crippen LogP contribution in [0.3, 0.4) is 0 Å². The van der Waals surface area contributed by atoms with Gasteiger partial charge in [-0.2, -0.15) is 0 Å². The van der Waals surface area contributed by atoms with E-state index in [2.05, 4.69) is 10.6 Å². The van der Waals surface area contributed by atoms with Gasteiger partial charge >= 0.3 is 11.9 Å². The van der Waals surface area contributed by atoms with Crippen molar-refractivity contribution < 1.29 is 19.4 Å². The Bertz CT molecular complexity index is 513. The van der Waals surface area contributed by atoms with Crippen LogP contribution in [0.1, 0.15) is 37.7 Å². The Morgan fingerprint density at radius 1 is 1.04 bits per heavy atom. The van der Waals surface area contributed by atoms with Crippen LogP contribution in [0, 0.1) is 0 Å². The Labute approximate surface area is 142 Å². The van der Waals surface area contributed by atoms with Crippen molar-refractivity contribution in [1.82, 2.24) is 10.6 Å². The largest absolute Gasteiger partial charge is 0.480 e. The molecule has 1 aromatic rings. The van der Waals surface area contributed by atoms with Crippen molar-refractivity contribution >= 4 is 11.9 Å². The van der Waals surface area contributed by atoms with Crippen LogP contribution in [0.4, 0.5) is 0 Å². The minimum absolute atomic E-state index is 0.0238. The van der Waals surface area contributed by atoms with Gasteiger partial charge in [-0.15, -0.1) is 0 Å². The number of carboxylic acids is 1. The summed E-state index contributed by atoms with van der Waals surface area (Å²) in [6, 6.07) is 10.3. The predicted molar refractivity (Wildman–Crippen MR) is 90.5 cm³/mol. The van der Waals surface area contributed by atoms with E-state index in [1.165, 1.54) is 0 Å². The van der Waals surface area contributed by atoms with Gasteiger partial charge in [0.15, 0.2) is 0 Å². The second-order valence-corrected chi connectivity index (χ2v) is 6.17. The van der Waals surface area contributed by atoms with Crippen LogP contribution >= 0.6 is 0 Å². The number of rotatable bonds is 9. The van der Waals surface area contributed by atoms with Crippen molar-refractivity contribution in [2.24, 2.45) is 0 Å². The number of nitrogens with one attached hydrogen (secondary N) is 2. The minimum Gasteiger partial charge on any atom is -0.480 e. The number of hydrogen-bond donors (Lipinski definition) is 3. The Morgan fingerprint density at radius 3 is 2.29 bits per heavy atom. The van der Waals surface area contributed by atoms with Crippen molar-refractivity contribution in [2.45, 2.75) is 50.8 Å². The molecular weight excluding hydrogens is 308 g/mol. The SMILES string of the molecule is O=C(O)CNC1CCC(NCCC(=O)OCc2ccccc2)CC1. The summed E-state index contributed by atoms with van der Waals surface area (Å²) in [7, 11) is 0. The number of carbonyl (C=O) groups excluding carboxylic acids is 1. The highest BCUT2D eigenvalue weighted by Gasteiger charge is 2.21. The Kier molecular flexibility index (Phi) is 7.71. The molecule has 1 aliphatic carbocycles. The summed E-state index contributed by atoms with van der Waals surface area (Å²) >= 11 is 0. The maximum absolute atomic E-state index is 11.7. The molecule has 0 aromatic heterocycles. The summed E-state index contributed by atoms with van der Waals surface area (Å²) in [6.07, 6.45) is 4.28. The van der Waals surface area contributed by atoms with Crippen LogP contribution in [0.5, 0.6) is 0 Å². The molecule has 0 amide bonds. The Balaban J connectivity index is 1.53. The van der Waals surface area contributed by atoms with E-state index in [4.69, 9.17) is 9.84 Å². The van der Waals surface area contributed by atoms with Crippen molar-refractivity contribution in [3.8, 4) is 0 Å². The van der Waals surface area contributed by atoms with Crippen LogP contribution in [0.15, 0.2) is 30.3 Å².